The van der Waals surface area contributed by atoms with Crippen LogP contribution < -0.4 is 10.6 Å². The molecule has 2 rings (SSSR count). The molecule has 1 unspecified atom stereocenters. The third kappa shape index (κ3) is 4.94. The minimum Gasteiger partial charge on any atom is -0.389 e. The van der Waals surface area contributed by atoms with E-state index in [1.54, 1.807) is 6.92 Å². The molecule has 1 aromatic rings. The van der Waals surface area contributed by atoms with Crippen LogP contribution in [0.3, 0.4) is 0 Å². The summed E-state index contributed by atoms with van der Waals surface area (Å²) in [6, 6.07) is 4.65. The molecule has 0 aromatic heterocycles. The molecule has 7 heteroatoms. The van der Waals surface area contributed by atoms with E-state index in [9.17, 15) is 23.1 Å². The van der Waals surface area contributed by atoms with Crippen molar-refractivity contribution in [3.63, 3.8) is 0 Å². The highest BCUT2D eigenvalue weighted by atomic mass is 19.4. The van der Waals surface area contributed by atoms with Crippen molar-refractivity contribution in [3.8, 4) is 0 Å². The first-order valence-electron chi connectivity index (χ1n) is 7.61. The summed E-state index contributed by atoms with van der Waals surface area (Å²) < 4.78 is 38.6. The Bertz CT molecular complexity index is 557. The number of carbonyl (C=O) groups is 1. The van der Waals surface area contributed by atoms with Gasteiger partial charge in [0.25, 0.3) is 0 Å². The number of hydrogen-bond acceptors (Lipinski definition) is 3. The van der Waals surface area contributed by atoms with Gasteiger partial charge in [-0.1, -0.05) is 12.1 Å². The lowest BCUT2D eigenvalue weighted by atomic mass is 9.80. The van der Waals surface area contributed by atoms with Crippen LogP contribution in [0.15, 0.2) is 24.3 Å². The first kappa shape index (κ1) is 17.7. The van der Waals surface area contributed by atoms with Crippen molar-refractivity contribution >= 4 is 11.6 Å². The topological polar surface area (TPSA) is 61.4 Å². The highest BCUT2D eigenvalue weighted by Gasteiger charge is 2.35. The number of para-hydroxylation sites is 1. The van der Waals surface area contributed by atoms with Crippen LogP contribution in [0.1, 0.15) is 38.2 Å². The molecule has 4 nitrogen and oxygen atoms in total. The Morgan fingerprint density at radius 1 is 1.35 bits per heavy atom. The second kappa shape index (κ2) is 6.88. The van der Waals surface area contributed by atoms with Crippen molar-refractivity contribution in [3.05, 3.63) is 29.8 Å². The molecule has 0 radical (unpaired) electrons. The van der Waals surface area contributed by atoms with Gasteiger partial charge in [0.2, 0.25) is 5.91 Å². The molecule has 0 heterocycles. The lowest BCUT2D eigenvalue weighted by molar-refractivity contribution is -0.137. The van der Waals surface area contributed by atoms with Crippen molar-refractivity contribution in [2.75, 3.05) is 11.9 Å². The fourth-order valence-corrected chi connectivity index (χ4v) is 2.52. The quantitative estimate of drug-likeness (QED) is 0.751. The summed E-state index contributed by atoms with van der Waals surface area (Å²) in [4.78, 5) is 11.9. The largest absolute Gasteiger partial charge is 0.418 e. The van der Waals surface area contributed by atoms with Gasteiger partial charge in [0.05, 0.1) is 16.9 Å². The minimum absolute atomic E-state index is 0.0300. The number of alkyl halides is 3. The molecule has 128 valence electrons. The van der Waals surface area contributed by atoms with Gasteiger partial charge in [0.15, 0.2) is 0 Å². The maximum atomic E-state index is 12.9. The van der Waals surface area contributed by atoms with E-state index in [1.807, 2.05) is 0 Å². The van der Waals surface area contributed by atoms with Crippen molar-refractivity contribution < 1.29 is 23.1 Å². The number of benzene rings is 1. The number of aliphatic hydroxyl groups is 1. The average molecular weight is 330 g/mol. The van der Waals surface area contributed by atoms with Gasteiger partial charge in [-0.2, -0.15) is 13.2 Å². The van der Waals surface area contributed by atoms with E-state index in [4.69, 9.17) is 0 Å². The van der Waals surface area contributed by atoms with E-state index in [0.29, 0.717) is 6.54 Å². The molecule has 1 amide bonds. The van der Waals surface area contributed by atoms with Crippen LogP contribution in [0, 0.1) is 0 Å². The van der Waals surface area contributed by atoms with Crippen molar-refractivity contribution in [1.82, 2.24) is 5.32 Å². The molecule has 1 saturated carbocycles. The van der Waals surface area contributed by atoms with Crippen LogP contribution in [-0.4, -0.2) is 29.2 Å². The Labute approximate surface area is 133 Å². The van der Waals surface area contributed by atoms with Crippen molar-refractivity contribution in [2.45, 2.75) is 50.4 Å². The maximum Gasteiger partial charge on any atom is 0.418 e. The van der Waals surface area contributed by atoms with E-state index in [-0.39, 0.29) is 18.2 Å². The zero-order valence-electron chi connectivity index (χ0n) is 12.9. The highest BCUT2D eigenvalue weighted by Crippen LogP contribution is 2.34. The SMILES string of the molecule is CC(CC(=O)Nc1ccccc1C(F)(F)F)NCC1(O)CCC1. The Kier molecular flexibility index (Phi) is 5.31. The number of anilines is 1. The Balaban J connectivity index is 1.87. The summed E-state index contributed by atoms with van der Waals surface area (Å²) in [6.45, 7) is 2.15. The number of rotatable bonds is 6. The van der Waals surface area contributed by atoms with Gasteiger partial charge >= 0.3 is 6.18 Å². The van der Waals surface area contributed by atoms with Crippen LogP contribution in [0.25, 0.3) is 0 Å². The maximum absolute atomic E-state index is 12.9. The summed E-state index contributed by atoms with van der Waals surface area (Å²) in [6.07, 6.45) is -2.03. The summed E-state index contributed by atoms with van der Waals surface area (Å²) in [5.74, 6) is -0.498. The smallest absolute Gasteiger partial charge is 0.389 e. The normalized spacial score (nSPS) is 18.1. The molecule has 23 heavy (non-hydrogen) atoms. The standard InChI is InChI=1S/C16H21F3N2O2/c1-11(20-10-15(23)7-4-8-15)9-14(22)21-13-6-3-2-5-12(13)16(17,18)19/h2-3,5-6,11,20,23H,4,7-10H2,1H3,(H,21,22). The number of halogens is 3. The summed E-state index contributed by atoms with van der Waals surface area (Å²) >= 11 is 0. The van der Waals surface area contributed by atoms with E-state index in [2.05, 4.69) is 10.6 Å². The fraction of sp³-hybridized carbons (Fsp3) is 0.562. The predicted molar refractivity (Wildman–Crippen MR) is 81.0 cm³/mol. The molecule has 0 spiro atoms. The van der Waals surface area contributed by atoms with E-state index < -0.39 is 23.2 Å². The van der Waals surface area contributed by atoms with E-state index in [1.165, 1.54) is 18.2 Å². The van der Waals surface area contributed by atoms with Gasteiger partial charge in [-0.05, 0) is 38.3 Å². The summed E-state index contributed by atoms with van der Waals surface area (Å²) in [7, 11) is 0. The molecule has 3 N–H and O–H groups in total. The first-order chi connectivity index (χ1) is 10.7. The number of nitrogens with one attached hydrogen (secondary N) is 2. The molecule has 0 aliphatic heterocycles. The Morgan fingerprint density at radius 3 is 2.57 bits per heavy atom. The average Bonchev–Trinajstić information content (AvgIpc) is 2.42. The number of amides is 1. The van der Waals surface area contributed by atoms with Crippen LogP contribution in [-0.2, 0) is 11.0 Å². The molecule has 1 aromatic carbocycles. The minimum atomic E-state index is -4.51. The van der Waals surface area contributed by atoms with Gasteiger partial charge in [-0.15, -0.1) is 0 Å². The van der Waals surface area contributed by atoms with Crippen LogP contribution in [0.2, 0.25) is 0 Å². The molecule has 0 bridgehead atoms. The highest BCUT2D eigenvalue weighted by molar-refractivity contribution is 5.92. The van der Waals surface area contributed by atoms with Crippen LogP contribution in [0.5, 0.6) is 0 Å². The van der Waals surface area contributed by atoms with Gasteiger partial charge in [-0.25, -0.2) is 0 Å². The lowest BCUT2D eigenvalue weighted by Crippen LogP contribution is -2.48. The number of hydrogen-bond donors (Lipinski definition) is 3. The van der Waals surface area contributed by atoms with Gasteiger partial charge in [-0.3, -0.25) is 4.79 Å². The monoisotopic (exact) mass is 330 g/mol. The fourth-order valence-electron chi connectivity index (χ4n) is 2.52. The second-order valence-corrected chi connectivity index (χ2v) is 6.16. The third-order valence-electron chi connectivity index (χ3n) is 4.06. The summed E-state index contributed by atoms with van der Waals surface area (Å²) in [5, 5.41) is 15.3. The molecular weight excluding hydrogens is 309 g/mol. The third-order valence-corrected chi connectivity index (χ3v) is 4.06. The molecule has 1 atom stereocenters. The number of carbonyl (C=O) groups excluding carboxylic acids is 1. The zero-order chi connectivity index (χ0) is 17.1. The molecule has 1 aliphatic rings. The summed E-state index contributed by atoms with van der Waals surface area (Å²) in [5.41, 5.74) is -1.80. The van der Waals surface area contributed by atoms with Crippen LogP contribution in [0.4, 0.5) is 18.9 Å². The molecule has 0 saturated heterocycles. The first-order valence-corrected chi connectivity index (χ1v) is 7.61. The van der Waals surface area contributed by atoms with Gasteiger partial charge in [0.1, 0.15) is 0 Å². The predicted octanol–water partition coefficient (Wildman–Crippen LogP) is 2.93. The van der Waals surface area contributed by atoms with E-state index >= 15 is 0 Å². The van der Waals surface area contributed by atoms with Crippen molar-refractivity contribution in [1.29, 1.82) is 0 Å². The van der Waals surface area contributed by atoms with E-state index in [0.717, 1.165) is 25.3 Å². The molecule has 1 aliphatic carbocycles. The second-order valence-electron chi connectivity index (χ2n) is 6.16. The van der Waals surface area contributed by atoms with Gasteiger partial charge < -0.3 is 15.7 Å². The van der Waals surface area contributed by atoms with Gasteiger partial charge in [0, 0.05) is 19.0 Å². The molecular formula is C16H21F3N2O2. The van der Waals surface area contributed by atoms with Crippen molar-refractivity contribution in [2.24, 2.45) is 0 Å². The zero-order valence-corrected chi connectivity index (χ0v) is 12.9. The molecule has 1 fully saturated rings. The Hall–Kier alpha value is -1.60. The Morgan fingerprint density at radius 2 is 2.00 bits per heavy atom. The lowest BCUT2D eigenvalue weighted by Gasteiger charge is -2.37. The van der Waals surface area contributed by atoms with Crippen LogP contribution >= 0.6 is 0 Å².